The highest BCUT2D eigenvalue weighted by molar-refractivity contribution is 5.91. The quantitative estimate of drug-likeness (QED) is 0.751. The van der Waals surface area contributed by atoms with Gasteiger partial charge in [-0.25, -0.2) is 9.67 Å². The molecule has 3 heteroatoms. The SMILES string of the molecule is CC1=Nc2c(cnn2Cc2ccccc2)C1. The average molecular weight is 211 g/mol. The average Bonchev–Trinajstić information content (AvgIpc) is 2.81. The van der Waals surface area contributed by atoms with E-state index in [1.165, 1.54) is 16.8 Å². The van der Waals surface area contributed by atoms with E-state index in [2.05, 4.69) is 29.1 Å². The van der Waals surface area contributed by atoms with Gasteiger partial charge in [0.15, 0.2) is 5.82 Å². The molecule has 0 radical (unpaired) electrons. The molecule has 1 aliphatic rings. The molecule has 0 bridgehead atoms. The fraction of sp³-hybridized carbons (Fsp3) is 0.231. The zero-order valence-corrected chi connectivity index (χ0v) is 9.22. The first-order valence-electron chi connectivity index (χ1n) is 5.46. The highest BCUT2D eigenvalue weighted by Crippen LogP contribution is 2.26. The van der Waals surface area contributed by atoms with Crippen molar-refractivity contribution >= 4 is 11.5 Å². The van der Waals surface area contributed by atoms with E-state index in [4.69, 9.17) is 0 Å². The lowest BCUT2D eigenvalue weighted by Crippen LogP contribution is -2.00. The van der Waals surface area contributed by atoms with Crippen LogP contribution >= 0.6 is 0 Å². The highest BCUT2D eigenvalue weighted by Gasteiger charge is 2.16. The van der Waals surface area contributed by atoms with E-state index >= 15 is 0 Å². The molecule has 3 rings (SSSR count). The lowest BCUT2D eigenvalue weighted by atomic mass is 10.2. The van der Waals surface area contributed by atoms with Crippen molar-refractivity contribution in [1.82, 2.24) is 9.78 Å². The van der Waals surface area contributed by atoms with E-state index in [0.29, 0.717) is 0 Å². The van der Waals surface area contributed by atoms with Crippen LogP contribution in [0.4, 0.5) is 5.82 Å². The zero-order valence-electron chi connectivity index (χ0n) is 9.22. The third-order valence-corrected chi connectivity index (χ3v) is 2.80. The minimum atomic E-state index is 0.799. The summed E-state index contributed by atoms with van der Waals surface area (Å²) in [5.41, 5.74) is 3.68. The maximum absolute atomic E-state index is 4.53. The van der Waals surface area contributed by atoms with Gasteiger partial charge in [-0.1, -0.05) is 30.3 Å². The Kier molecular flexibility index (Phi) is 2.10. The van der Waals surface area contributed by atoms with Crippen molar-refractivity contribution in [2.75, 3.05) is 0 Å². The summed E-state index contributed by atoms with van der Waals surface area (Å²) in [5.74, 6) is 1.03. The smallest absolute Gasteiger partial charge is 0.154 e. The number of aromatic nitrogens is 2. The normalized spacial score (nSPS) is 13.7. The van der Waals surface area contributed by atoms with Gasteiger partial charge in [0.2, 0.25) is 0 Å². The topological polar surface area (TPSA) is 30.2 Å². The number of fused-ring (bicyclic) bond motifs is 1. The van der Waals surface area contributed by atoms with Crippen molar-refractivity contribution in [2.24, 2.45) is 4.99 Å². The Labute approximate surface area is 94.4 Å². The summed E-state index contributed by atoms with van der Waals surface area (Å²) in [6.45, 7) is 2.86. The predicted octanol–water partition coefficient (Wildman–Crippen LogP) is 2.58. The minimum Gasteiger partial charge on any atom is -0.243 e. The summed E-state index contributed by atoms with van der Waals surface area (Å²) in [7, 11) is 0. The molecule has 0 saturated carbocycles. The Balaban J connectivity index is 1.92. The standard InChI is InChI=1S/C13H13N3/c1-10-7-12-8-14-16(13(12)15-10)9-11-5-3-2-4-6-11/h2-6,8H,7,9H2,1H3. The molecular weight excluding hydrogens is 198 g/mol. The summed E-state index contributed by atoms with van der Waals surface area (Å²) in [6, 6.07) is 10.3. The summed E-state index contributed by atoms with van der Waals surface area (Å²) in [5, 5.41) is 4.38. The largest absolute Gasteiger partial charge is 0.243 e. The first-order chi connectivity index (χ1) is 7.83. The van der Waals surface area contributed by atoms with Gasteiger partial charge < -0.3 is 0 Å². The minimum absolute atomic E-state index is 0.799. The summed E-state index contributed by atoms with van der Waals surface area (Å²) >= 11 is 0. The Bertz CT molecular complexity index is 538. The molecule has 0 saturated heterocycles. The van der Waals surface area contributed by atoms with Crippen LogP contribution in [0.15, 0.2) is 41.5 Å². The van der Waals surface area contributed by atoms with Crippen LogP contribution in [0.2, 0.25) is 0 Å². The molecule has 0 unspecified atom stereocenters. The van der Waals surface area contributed by atoms with E-state index < -0.39 is 0 Å². The van der Waals surface area contributed by atoms with Crippen molar-refractivity contribution in [3.05, 3.63) is 47.7 Å². The zero-order chi connectivity index (χ0) is 11.0. The number of hydrogen-bond donors (Lipinski definition) is 0. The second kappa shape index (κ2) is 3.59. The van der Waals surface area contributed by atoms with E-state index in [-0.39, 0.29) is 0 Å². The number of aliphatic imine (C=N–C) groups is 1. The first kappa shape index (κ1) is 9.33. The van der Waals surface area contributed by atoms with Crippen molar-refractivity contribution in [1.29, 1.82) is 0 Å². The fourth-order valence-electron chi connectivity index (χ4n) is 2.04. The Hall–Kier alpha value is -1.90. The maximum atomic E-state index is 4.53. The molecule has 1 aromatic heterocycles. The Morgan fingerprint density at radius 1 is 1.25 bits per heavy atom. The molecule has 80 valence electrons. The number of hydrogen-bond acceptors (Lipinski definition) is 2. The number of benzene rings is 1. The molecule has 16 heavy (non-hydrogen) atoms. The second-order valence-corrected chi connectivity index (χ2v) is 4.16. The van der Waals surface area contributed by atoms with Crippen LogP contribution in [0.5, 0.6) is 0 Å². The molecule has 0 fully saturated rings. The van der Waals surface area contributed by atoms with E-state index in [9.17, 15) is 0 Å². The van der Waals surface area contributed by atoms with Gasteiger partial charge in [-0.3, -0.25) is 0 Å². The number of rotatable bonds is 2. The van der Waals surface area contributed by atoms with Gasteiger partial charge in [0.1, 0.15) is 0 Å². The van der Waals surface area contributed by atoms with Crippen LogP contribution in [-0.2, 0) is 13.0 Å². The Morgan fingerprint density at radius 2 is 2.06 bits per heavy atom. The van der Waals surface area contributed by atoms with Crippen LogP contribution in [0.1, 0.15) is 18.1 Å². The third kappa shape index (κ3) is 1.54. The first-order valence-corrected chi connectivity index (χ1v) is 5.46. The van der Waals surface area contributed by atoms with Gasteiger partial charge in [-0.05, 0) is 12.5 Å². The van der Waals surface area contributed by atoms with Crippen LogP contribution in [0.25, 0.3) is 0 Å². The molecule has 1 aromatic carbocycles. The molecule has 2 heterocycles. The van der Waals surface area contributed by atoms with Gasteiger partial charge >= 0.3 is 0 Å². The van der Waals surface area contributed by atoms with Gasteiger partial charge in [-0.15, -0.1) is 0 Å². The lowest BCUT2D eigenvalue weighted by Gasteiger charge is -2.03. The second-order valence-electron chi connectivity index (χ2n) is 4.16. The highest BCUT2D eigenvalue weighted by atomic mass is 15.3. The van der Waals surface area contributed by atoms with Crippen LogP contribution in [0, 0.1) is 0 Å². The van der Waals surface area contributed by atoms with Crippen LogP contribution < -0.4 is 0 Å². The molecule has 0 aliphatic carbocycles. The Morgan fingerprint density at radius 3 is 2.88 bits per heavy atom. The predicted molar refractivity (Wildman–Crippen MR) is 64.2 cm³/mol. The van der Waals surface area contributed by atoms with Crippen LogP contribution in [-0.4, -0.2) is 15.5 Å². The molecular formula is C13H13N3. The molecule has 3 nitrogen and oxygen atoms in total. The van der Waals surface area contributed by atoms with E-state index in [1.54, 1.807) is 0 Å². The summed E-state index contributed by atoms with van der Waals surface area (Å²) < 4.78 is 1.97. The summed E-state index contributed by atoms with van der Waals surface area (Å²) in [4.78, 5) is 4.53. The van der Waals surface area contributed by atoms with E-state index in [1.807, 2.05) is 29.1 Å². The van der Waals surface area contributed by atoms with E-state index in [0.717, 1.165) is 18.8 Å². The van der Waals surface area contributed by atoms with Crippen LogP contribution in [0.3, 0.4) is 0 Å². The van der Waals surface area contributed by atoms with Crippen molar-refractivity contribution < 1.29 is 0 Å². The molecule has 2 aromatic rings. The van der Waals surface area contributed by atoms with Gasteiger partial charge in [0.25, 0.3) is 0 Å². The third-order valence-electron chi connectivity index (χ3n) is 2.80. The molecule has 1 aliphatic heterocycles. The van der Waals surface area contributed by atoms with Gasteiger partial charge in [0, 0.05) is 17.7 Å². The molecule has 0 spiro atoms. The lowest BCUT2D eigenvalue weighted by molar-refractivity contribution is 0.691. The van der Waals surface area contributed by atoms with Gasteiger partial charge in [0.05, 0.1) is 12.7 Å². The maximum Gasteiger partial charge on any atom is 0.154 e. The van der Waals surface area contributed by atoms with Crippen molar-refractivity contribution in [2.45, 2.75) is 19.9 Å². The summed E-state index contributed by atoms with van der Waals surface area (Å²) in [6.07, 6.45) is 2.88. The number of nitrogens with zero attached hydrogens (tertiary/aromatic N) is 3. The monoisotopic (exact) mass is 211 g/mol. The molecule has 0 atom stereocenters. The van der Waals surface area contributed by atoms with Gasteiger partial charge in [-0.2, -0.15) is 5.10 Å². The molecule has 0 amide bonds. The fourth-order valence-corrected chi connectivity index (χ4v) is 2.04. The van der Waals surface area contributed by atoms with Crippen molar-refractivity contribution in [3.63, 3.8) is 0 Å². The molecule has 0 N–H and O–H groups in total. The van der Waals surface area contributed by atoms with Crippen molar-refractivity contribution in [3.8, 4) is 0 Å².